The molecule has 0 N–H and O–H groups in total. The number of halogens is 1. The Hall–Kier alpha value is -4.01. The maximum absolute atomic E-state index is 13.3. The van der Waals surface area contributed by atoms with Gasteiger partial charge in [0.25, 0.3) is 0 Å². The summed E-state index contributed by atoms with van der Waals surface area (Å²) < 4.78 is 39.8. The summed E-state index contributed by atoms with van der Waals surface area (Å²) in [6.07, 6.45) is 3.17. The SMILES string of the molecule is COC(=O)C1=CN(Cc2ccc(F)cc2)C=C(C(=O)OC)C1c1ccc(OC)c(OC)c1OC. The Labute approximate surface area is 197 Å². The highest BCUT2D eigenvalue weighted by atomic mass is 19.1. The van der Waals surface area contributed by atoms with Crippen molar-refractivity contribution in [3.63, 3.8) is 0 Å². The first kappa shape index (κ1) is 24.6. The molecule has 180 valence electrons. The number of carbonyl (C=O) groups is 2. The standard InChI is InChI=1S/C25H26FNO7/c1-30-20-11-10-17(22(31-2)23(20)32-3)21-18(24(28)33-4)13-27(14-19(21)25(29)34-5)12-15-6-8-16(26)9-7-15/h6-11,13-14,21H,12H2,1-5H3. The molecule has 0 fully saturated rings. The lowest BCUT2D eigenvalue weighted by atomic mass is 9.82. The Kier molecular flexibility index (Phi) is 7.78. The molecule has 34 heavy (non-hydrogen) atoms. The fraction of sp³-hybridized carbons (Fsp3) is 0.280. The van der Waals surface area contributed by atoms with Crippen LogP contribution in [0.3, 0.4) is 0 Å². The molecule has 9 heteroatoms. The van der Waals surface area contributed by atoms with Gasteiger partial charge in [-0.3, -0.25) is 0 Å². The summed E-state index contributed by atoms with van der Waals surface area (Å²) in [5.41, 5.74) is 1.61. The average molecular weight is 471 g/mol. The van der Waals surface area contributed by atoms with E-state index in [0.717, 1.165) is 5.56 Å². The molecule has 0 unspecified atom stereocenters. The van der Waals surface area contributed by atoms with Crippen molar-refractivity contribution in [2.75, 3.05) is 35.5 Å². The van der Waals surface area contributed by atoms with Gasteiger partial charge in [0.2, 0.25) is 5.75 Å². The van der Waals surface area contributed by atoms with Crippen LogP contribution in [0.4, 0.5) is 4.39 Å². The zero-order valence-corrected chi connectivity index (χ0v) is 19.6. The third-order valence-corrected chi connectivity index (χ3v) is 5.40. The Bertz CT molecular complexity index is 1090. The topological polar surface area (TPSA) is 83.5 Å². The van der Waals surface area contributed by atoms with Gasteiger partial charge in [-0.25, -0.2) is 14.0 Å². The first-order valence-corrected chi connectivity index (χ1v) is 10.3. The number of hydrogen-bond donors (Lipinski definition) is 0. The second-order valence-corrected chi connectivity index (χ2v) is 7.31. The van der Waals surface area contributed by atoms with Gasteiger partial charge in [-0.05, 0) is 23.8 Å². The highest BCUT2D eigenvalue weighted by Gasteiger charge is 2.38. The number of esters is 2. The summed E-state index contributed by atoms with van der Waals surface area (Å²) in [6, 6.07) is 9.27. The van der Waals surface area contributed by atoms with Gasteiger partial charge in [0.05, 0.1) is 52.6 Å². The quantitative estimate of drug-likeness (QED) is 0.541. The summed E-state index contributed by atoms with van der Waals surface area (Å²) in [4.78, 5) is 27.4. The molecule has 2 aromatic rings. The van der Waals surface area contributed by atoms with Crippen LogP contribution in [-0.2, 0) is 25.6 Å². The first-order valence-electron chi connectivity index (χ1n) is 10.3. The van der Waals surface area contributed by atoms with E-state index in [0.29, 0.717) is 22.8 Å². The summed E-state index contributed by atoms with van der Waals surface area (Å²) >= 11 is 0. The maximum Gasteiger partial charge on any atom is 0.336 e. The molecule has 0 aromatic heterocycles. The Morgan fingerprint density at radius 2 is 1.35 bits per heavy atom. The number of nitrogens with zero attached hydrogens (tertiary/aromatic N) is 1. The van der Waals surface area contributed by atoms with E-state index in [1.165, 1.54) is 47.7 Å². The number of benzene rings is 2. The third kappa shape index (κ3) is 4.83. The van der Waals surface area contributed by atoms with Crippen LogP contribution in [0.15, 0.2) is 59.9 Å². The van der Waals surface area contributed by atoms with Crippen LogP contribution in [0.2, 0.25) is 0 Å². The van der Waals surface area contributed by atoms with Gasteiger partial charge < -0.3 is 28.6 Å². The maximum atomic E-state index is 13.3. The highest BCUT2D eigenvalue weighted by molar-refractivity contribution is 5.99. The van der Waals surface area contributed by atoms with E-state index in [1.807, 2.05) is 0 Å². The fourth-order valence-electron chi connectivity index (χ4n) is 3.87. The molecule has 0 amide bonds. The minimum atomic E-state index is -0.876. The van der Waals surface area contributed by atoms with Crippen LogP contribution in [0.25, 0.3) is 0 Å². The Morgan fingerprint density at radius 3 is 1.82 bits per heavy atom. The molecule has 0 aliphatic carbocycles. The summed E-state index contributed by atoms with van der Waals surface area (Å²) in [6.45, 7) is 0.275. The lowest BCUT2D eigenvalue weighted by molar-refractivity contribution is -0.137. The zero-order chi connectivity index (χ0) is 24.8. The van der Waals surface area contributed by atoms with E-state index in [2.05, 4.69) is 0 Å². The fourth-order valence-corrected chi connectivity index (χ4v) is 3.87. The number of hydrogen-bond acceptors (Lipinski definition) is 8. The van der Waals surface area contributed by atoms with Gasteiger partial charge in [0.1, 0.15) is 5.82 Å². The van der Waals surface area contributed by atoms with Gasteiger partial charge in [-0.1, -0.05) is 18.2 Å². The molecule has 1 aliphatic rings. The van der Waals surface area contributed by atoms with Gasteiger partial charge >= 0.3 is 11.9 Å². The summed E-state index contributed by atoms with van der Waals surface area (Å²) in [5.74, 6) is -1.49. The smallest absolute Gasteiger partial charge is 0.336 e. The van der Waals surface area contributed by atoms with E-state index in [1.54, 1.807) is 41.6 Å². The number of ether oxygens (including phenoxy) is 5. The molecule has 1 heterocycles. The average Bonchev–Trinajstić information content (AvgIpc) is 2.87. The molecule has 8 nitrogen and oxygen atoms in total. The number of methoxy groups -OCH3 is 5. The molecule has 3 rings (SSSR count). The van der Waals surface area contributed by atoms with Crippen molar-refractivity contribution in [2.24, 2.45) is 0 Å². The number of rotatable bonds is 8. The molecule has 0 saturated carbocycles. The van der Waals surface area contributed by atoms with Crippen LogP contribution in [0.1, 0.15) is 17.0 Å². The monoisotopic (exact) mass is 471 g/mol. The van der Waals surface area contributed by atoms with Crippen LogP contribution in [0, 0.1) is 5.82 Å². The minimum absolute atomic E-state index is 0.179. The Morgan fingerprint density at radius 1 is 0.794 bits per heavy atom. The summed E-state index contributed by atoms with van der Waals surface area (Å²) in [7, 11) is 6.92. The van der Waals surface area contributed by atoms with Crippen molar-refractivity contribution < 1.29 is 37.7 Å². The van der Waals surface area contributed by atoms with Crippen LogP contribution in [-0.4, -0.2) is 52.4 Å². The molecule has 1 aliphatic heterocycles. The molecule has 0 saturated heterocycles. The van der Waals surface area contributed by atoms with Gasteiger partial charge in [-0.2, -0.15) is 0 Å². The molecule has 0 radical (unpaired) electrons. The van der Waals surface area contributed by atoms with Crippen molar-refractivity contribution in [1.29, 1.82) is 0 Å². The van der Waals surface area contributed by atoms with E-state index in [-0.39, 0.29) is 23.5 Å². The molecule has 2 aromatic carbocycles. The molecular weight excluding hydrogens is 445 g/mol. The van der Waals surface area contributed by atoms with E-state index in [4.69, 9.17) is 23.7 Å². The zero-order valence-electron chi connectivity index (χ0n) is 19.6. The summed E-state index contributed by atoms with van der Waals surface area (Å²) in [5, 5.41) is 0. The van der Waals surface area contributed by atoms with Crippen molar-refractivity contribution in [3.05, 3.63) is 76.9 Å². The van der Waals surface area contributed by atoms with Crippen LogP contribution >= 0.6 is 0 Å². The van der Waals surface area contributed by atoms with Crippen molar-refractivity contribution in [1.82, 2.24) is 4.90 Å². The second kappa shape index (κ2) is 10.7. The second-order valence-electron chi connectivity index (χ2n) is 7.31. The van der Waals surface area contributed by atoms with Crippen molar-refractivity contribution >= 4 is 11.9 Å². The molecule has 0 atom stereocenters. The van der Waals surface area contributed by atoms with E-state index < -0.39 is 17.9 Å². The van der Waals surface area contributed by atoms with Crippen molar-refractivity contribution in [3.8, 4) is 17.2 Å². The first-order chi connectivity index (χ1) is 16.4. The minimum Gasteiger partial charge on any atom is -0.493 e. The van der Waals surface area contributed by atoms with Crippen LogP contribution in [0.5, 0.6) is 17.2 Å². The normalized spacial score (nSPS) is 13.5. The predicted octanol–water partition coefficient (Wildman–Crippen LogP) is 3.56. The van der Waals surface area contributed by atoms with Gasteiger partial charge in [-0.15, -0.1) is 0 Å². The third-order valence-electron chi connectivity index (χ3n) is 5.40. The van der Waals surface area contributed by atoms with Crippen LogP contribution < -0.4 is 14.2 Å². The largest absolute Gasteiger partial charge is 0.493 e. The molecular formula is C25H26FNO7. The highest BCUT2D eigenvalue weighted by Crippen LogP contribution is 2.48. The lowest BCUT2D eigenvalue weighted by Crippen LogP contribution is -2.29. The number of carbonyl (C=O) groups excluding carboxylic acids is 2. The lowest BCUT2D eigenvalue weighted by Gasteiger charge is -2.31. The van der Waals surface area contributed by atoms with Gasteiger partial charge in [0.15, 0.2) is 11.5 Å². The van der Waals surface area contributed by atoms with E-state index in [9.17, 15) is 14.0 Å². The molecule has 0 spiro atoms. The van der Waals surface area contributed by atoms with E-state index >= 15 is 0 Å². The predicted molar refractivity (Wildman–Crippen MR) is 121 cm³/mol. The Balaban J connectivity index is 2.18. The van der Waals surface area contributed by atoms with Crippen molar-refractivity contribution in [2.45, 2.75) is 12.5 Å². The molecule has 0 bridgehead atoms. The van der Waals surface area contributed by atoms with Gasteiger partial charge in [0, 0.05) is 24.5 Å².